The Hall–Kier alpha value is -3.71. The third kappa shape index (κ3) is 3.09. The zero-order valence-corrected chi connectivity index (χ0v) is 16.4. The van der Waals surface area contributed by atoms with Gasteiger partial charge in [0.15, 0.2) is 0 Å². The molecule has 7 nitrogen and oxygen atoms in total. The summed E-state index contributed by atoms with van der Waals surface area (Å²) in [5.74, 6) is -0.0613. The van der Waals surface area contributed by atoms with E-state index < -0.39 is 5.91 Å². The van der Waals surface area contributed by atoms with Crippen molar-refractivity contribution in [3.63, 3.8) is 0 Å². The van der Waals surface area contributed by atoms with Crippen LogP contribution in [0.5, 0.6) is 0 Å². The maximum absolute atomic E-state index is 13.0. The summed E-state index contributed by atoms with van der Waals surface area (Å²) < 4.78 is 5.85. The first-order valence-corrected chi connectivity index (χ1v) is 9.60. The van der Waals surface area contributed by atoms with Crippen molar-refractivity contribution in [2.45, 2.75) is 13.1 Å². The molecule has 0 unspecified atom stereocenters. The number of primary amides is 1. The number of nitrogens with two attached hydrogens (primary N) is 1. The van der Waals surface area contributed by atoms with E-state index in [1.165, 1.54) is 0 Å². The Balaban J connectivity index is 1.43. The minimum absolute atomic E-state index is 0.0948. The van der Waals surface area contributed by atoms with Gasteiger partial charge in [-0.2, -0.15) is 0 Å². The van der Waals surface area contributed by atoms with Gasteiger partial charge in [0.1, 0.15) is 11.3 Å². The Morgan fingerprint density at radius 1 is 1.20 bits per heavy atom. The second-order valence-corrected chi connectivity index (χ2v) is 7.38. The Morgan fingerprint density at radius 2 is 2.07 bits per heavy atom. The maximum Gasteiger partial charge on any atom is 0.254 e. The van der Waals surface area contributed by atoms with Crippen LogP contribution in [0.1, 0.15) is 32.0 Å². The van der Waals surface area contributed by atoms with Crippen molar-refractivity contribution in [2.24, 2.45) is 5.73 Å². The molecule has 3 heterocycles. The van der Waals surface area contributed by atoms with Crippen LogP contribution in [-0.2, 0) is 13.1 Å². The van der Waals surface area contributed by atoms with Crippen LogP contribution in [-0.4, -0.2) is 26.7 Å². The topological polar surface area (TPSA) is 102 Å². The molecule has 2 aromatic heterocycles. The van der Waals surface area contributed by atoms with Gasteiger partial charge in [-0.1, -0.05) is 24.3 Å². The Morgan fingerprint density at radius 3 is 2.87 bits per heavy atom. The summed E-state index contributed by atoms with van der Waals surface area (Å²) in [7, 11) is 0. The lowest BCUT2D eigenvalue weighted by Gasteiger charge is -2.13. The minimum Gasteiger partial charge on any atom is -0.458 e. The maximum atomic E-state index is 13.0. The number of rotatable bonds is 4. The van der Waals surface area contributed by atoms with Crippen molar-refractivity contribution in [1.29, 1.82) is 0 Å². The molecular formula is C22H15ClN4O3. The first-order chi connectivity index (χ1) is 14.5. The van der Waals surface area contributed by atoms with E-state index in [4.69, 9.17) is 21.8 Å². The number of benzene rings is 2. The second kappa shape index (κ2) is 6.96. The van der Waals surface area contributed by atoms with E-state index in [1.807, 2.05) is 30.3 Å². The molecule has 0 bridgehead atoms. The summed E-state index contributed by atoms with van der Waals surface area (Å²) in [6.07, 6.45) is 1.58. The highest BCUT2D eigenvalue weighted by Crippen LogP contribution is 2.30. The van der Waals surface area contributed by atoms with Crippen molar-refractivity contribution >= 4 is 34.4 Å². The number of carbonyl (C=O) groups excluding carboxylic acids is 2. The van der Waals surface area contributed by atoms with Crippen molar-refractivity contribution < 1.29 is 14.0 Å². The van der Waals surface area contributed by atoms with E-state index in [1.54, 1.807) is 29.3 Å². The highest BCUT2D eigenvalue weighted by molar-refractivity contribution is 6.28. The molecule has 0 saturated carbocycles. The number of halogens is 1. The average Bonchev–Trinajstić information content (AvgIpc) is 3.28. The quantitative estimate of drug-likeness (QED) is 0.508. The van der Waals surface area contributed by atoms with Gasteiger partial charge in [0.05, 0.1) is 17.8 Å². The van der Waals surface area contributed by atoms with Crippen LogP contribution >= 0.6 is 11.6 Å². The van der Waals surface area contributed by atoms with Crippen LogP contribution in [0.25, 0.3) is 22.2 Å². The Labute approximate surface area is 176 Å². The number of para-hydroxylation sites is 1. The minimum atomic E-state index is -0.552. The van der Waals surface area contributed by atoms with Gasteiger partial charge in [0.25, 0.3) is 11.8 Å². The molecule has 4 aromatic rings. The molecule has 0 spiro atoms. The number of fused-ring (bicyclic) bond motifs is 2. The van der Waals surface area contributed by atoms with Gasteiger partial charge in [0.2, 0.25) is 5.28 Å². The molecule has 8 heteroatoms. The summed E-state index contributed by atoms with van der Waals surface area (Å²) in [5.41, 5.74) is 9.18. The van der Waals surface area contributed by atoms with Gasteiger partial charge in [-0.15, -0.1) is 0 Å². The van der Waals surface area contributed by atoms with Gasteiger partial charge >= 0.3 is 0 Å². The smallest absolute Gasteiger partial charge is 0.254 e. The van der Waals surface area contributed by atoms with Gasteiger partial charge in [-0.05, 0) is 41.4 Å². The predicted octanol–water partition coefficient (Wildman–Crippen LogP) is 3.80. The normalized spacial score (nSPS) is 13.1. The van der Waals surface area contributed by atoms with E-state index in [-0.39, 0.29) is 17.7 Å². The number of aromatic nitrogens is 2. The fraction of sp³-hybridized carbons (Fsp3) is 0.0909. The van der Waals surface area contributed by atoms with Crippen LogP contribution in [0.4, 0.5) is 0 Å². The van der Waals surface area contributed by atoms with Gasteiger partial charge < -0.3 is 15.1 Å². The van der Waals surface area contributed by atoms with Crippen LogP contribution in [0.3, 0.4) is 0 Å². The van der Waals surface area contributed by atoms with E-state index in [0.29, 0.717) is 34.7 Å². The van der Waals surface area contributed by atoms with Crippen molar-refractivity contribution in [1.82, 2.24) is 14.9 Å². The van der Waals surface area contributed by atoms with Crippen LogP contribution in [0.2, 0.25) is 5.28 Å². The van der Waals surface area contributed by atoms with Crippen molar-refractivity contribution in [3.05, 3.63) is 82.5 Å². The molecule has 0 radical (unpaired) electrons. The highest BCUT2D eigenvalue weighted by atomic mass is 35.5. The molecule has 2 aromatic carbocycles. The summed E-state index contributed by atoms with van der Waals surface area (Å²) in [4.78, 5) is 34.4. The Kier molecular flexibility index (Phi) is 4.25. The third-order valence-corrected chi connectivity index (χ3v) is 5.30. The van der Waals surface area contributed by atoms with E-state index in [0.717, 1.165) is 16.5 Å². The molecule has 1 aliphatic rings. The predicted molar refractivity (Wildman–Crippen MR) is 111 cm³/mol. The summed E-state index contributed by atoms with van der Waals surface area (Å²) in [6.45, 7) is 0.758. The SMILES string of the molecule is NC(=O)c1cccc2cc(CN3Cc4ccc(-c5ccnc(Cl)n5)cc4C3=O)oc12. The molecule has 1 aliphatic heterocycles. The number of amides is 2. The van der Waals surface area contributed by atoms with Crippen molar-refractivity contribution in [3.8, 4) is 11.3 Å². The van der Waals surface area contributed by atoms with E-state index in [2.05, 4.69) is 9.97 Å². The molecule has 0 fully saturated rings. The number of hydrogen-bond donors (Lipinski definition) is 1. The van der Waals surface area contributed by atoms with Gasteiger partial charge in [-0.25, -0.2) is 9.97 Å². The molecule has 0 atom stereocenters. The fourth-order valence-corrected chi connectivity index (χ4v) is 3.87. The monoisotopic (exact) mass is 418 g/mol. The molecule has 2 amide bonds. The molecule has 0 saturated heterocycles. The first-order valence-electron chi connectivity index (χ1n) is 9.22. The fourth-order valence-electron chi connectivity index (χ4n) is 3.72. The van der Waals surface area contributed by atoms with E-state index >= 15 is 0 Å². The average molecular weight is 419 g/mol. The lowest BCUT2D eigenvalue weighted by Crippen LogP contribution is -2.22. The lowest BCUT2D eigenvalue weighted by atomic mass is 10.0. The molecule has 2 N–H and O–H groups in total. The number of carbonyl (C=O) groups is 2. The first kappa shape index (κ1) is 18.3. The molecule has 30 heavy (non-hydrogen) atoms. The number of hydrogen-bond acceptors (Lipinski definition) is 5. The zero-order chi connectivity index (χ0) is 20.8. The number of furan rings is 1. The van der Waals surface area contributed by atoms with Crippen LogP contribution in [0.15, 0.2) is 59.1 Å². The van der Waals surface area contributed by atoms with Gasteiger partial charge in [0, 0.05) is 29.3 Å². The summed E-state index contributed by atoms with van der Waals surface area (Å²) in [5, 5.41) is 0.926. The molecular weight excluding hydrogens is 404 g/mol. The largest absolute Gasteiger partial charge is 0.458 e. The highest BCUT2D eigenvalue weighted by Gasteiger charge is 2.29. The molecule has 0 aliphatic carbocycles. The number of nitrogens with zero attached hydrogens (tertiary/aromatic N) is 3. The second-order valence-electron chi connectivity index (χ2n) is 7.04. The van der Waals surface area contributed by atoms with Crippen LogP contribution < -0.4 is 5.73 Å². The lowest BCUT2D eigenvalue weighted by molar-refractivity contribution is 0.0756. The summed E-state index contributed by atoms with van der Waals surface area (Å²) in [6, 6.07) is 14.4. The van der Waals surface area contributed by atoms with Crippen LogP contribution in [0, 0.1) is 0 Å². The van der Waals surface area contributed by atoms with E-state index in [9.17, 15) is 9.59 Å². The molecule has 5 rings (SSSR count). The van der Waals surface area contributed by atoms with Crippen molar-refractivity contribution in [2.75, 3.05) is 0 Å². The molecule has 148 valence electrons. The summed E-state index contributed by atoms with van der Waals surface area (Å²) >= 11 is 5.88. The third-order valence-electron chi connectivity index (χ3n) is 5.12. The standard InChI is InChI=1S/C22H15ClN4O3/c23-22-25-7-6-18(26-22)12-4-5-14-10-27(21(29)17(14)9-12)11-15-8-13-2-1-3-16(20(24)28)19(13)30-15/h1-9H,10-11H2,(H2,24,28). The van der Waals surface area contributed by atoms with Gasteiger partial charge in [-0.3, -0.25) is 9.59 Å². The Bertz CT molecular complexity index is 1330. The zero-order valence-electron chi connectivity index (χ0n) is 15.6.